The minimum atomic E-state index is 0.489. The summed E-state index contributed by atoms with van der Waals surface area (Å²) in [5.41, 5.74) is 3.18. The van der Waals surface area contributed by atoms with E-state index in [0.29, 0.717) is 5.69 Å². The fourth-order valence-electron chi connectivity index (χ4n) is 2.44. The lowest BCUT2D eigenvalue weighted by molar-refractivity contribution is 0.112. The van der Waals surface area contributed by atoms with Crippen LogP contribution < -0.4 is 0 Å². The molecule has 0 amide bonds. The van der Waals surface area contributed by atoms with Gasteiger partial charge in [-0.25, -0.2) is 9.97 Å². The molecule has 0 aliphatic rings. The zero-order chi connectivity index (χ0) is 15.8. The predicted molar refractivity (Wildman–Crippen MR) is 94.1 cm³/mol. The Balaban J connectivity index is 1.88. The Hall–Kier alpha value is -2.44. The molecule has 0 unspecified atom stereocenters. The molecule has 0 radical (unpaired) electrons. The number of rotatable bonds is 3. The summed E-state index contributed by atoms with van der Waals surface area (Å²) in [6, 6.07) is 7.91. The van der Waals surface area contributed by atoms with Gasteiger partial charge in [-0.3, -0.25) is 9.78 Å². The fraction of sp³-hybridized carbons (Fsp3) is 0.0588. The van der Waals surface area contributed by atoms with Gasteiger partial charge in [-0.05, 0) is 42.0 Å². The molecule has 0 N–H and O–H groups in total. The van der Waals surface area contributed by atoms with Gasteiger partial charge in [0.2, 0.25) is 0 Å². The SMILES string of the molecule is Cc1nc(-c2cccnc2)sc1-c1cc2ccsc2c(C=O)n1. The summed E-state index contributed by atoms with van der Waals surface area (Å²) in [4.78, 5) is 25.6. The van der Waals surface area contributed by atoms with Crippen LogP contribution in [0.2, 0.25) is 0 Å². The highest BCUT2D eigenvalue weighted by Gasteiger charge is 2.15. The number of pyridine rings is 2. The normalized spacial score (nSPS) is 11.0. The van der Waals surface area contributed by atoms with E-state index in [1.54, 1.807) is 23.7 Å². The van der Waals surface area contributed by atoms with Crippen LogP contribution in [0, 0.1) is 6.92 Å². The number of fused-ring (bicyclic) bond motifs is 1. The standard InChI is InChI=1S/C17H11N3OS2/c1-10-15(23-17(19-10)12-3-2-5-18-8-12)13-7-11-4-6-22-16(11)14(9-21)20-13/h2-9H,1H3. The average molecular weight is 337 g/mol. The summed E-state index contributed by atoms with van der Waals surface area (Å²) < 4.78 is 0.929. The molecule has 23 heavy (non-hydrogen) atoms. The lowest BCUT2D eigenvalue weighted by Crippen LogP contribution is -1.90. The second kappa shape index (κ2) is 5.64. The molecular weight excluding hydrogens is 326 g/mol. The van der Waals surface area contributed by atoms with Crippen molar-refractivity contribution in [3.63, 3.8) is 0 Å². The number of thiophene rings is 1. The molecule has 4 aromatic heterocycles. The highest BCUT2D eigenvalue weighted by molar-refractivity contribution is 7.18. The molecule has 4 rings (SSSR count). The molecule has 0 bridgehead atoms. The van der Waals surface area contributed by atoms with Crippen molar-refractivity contribution in [1.82, 2.24) is 15.0 Å². The van der Waals surface area contributed by atoms with E-state index in [0.717, 1.165) is 43.2 Å². The van der Waals surface area contributed by atoms with Crippen LogP contribution in [0.4, 0.5) is 0 Å². The van der Waals surface area contributed by atoms with E-state index >= 15 is 0 Å². The average Bonchev–Trinajstić information content (AvgIpc) is 3.21. The summed E-state index contributed by atoms with van der Waals surface area (Å²) in [7, 11) is 0. The van der Waals surface area contributed by atoms with Gasteiger partial charge in [-0.15, -0.1) is 22.7 Å². The maximum Gasteiger partial charge on any atom is 0.169 e. The van der Waals surface area contributed by atoms with Crippen molar-refractivity contribution in [3.05, 3.63) is 53.4 Å². The van der Waals surface area contributed by atoms with Crippen molar-refractivity contribution in [1.29, 1.82) is 0 Å². The molecule has 0 atom stereocenters. The van der Waals surface area contributed by atoms with Crippen molar-refractivity contribution in [2.45, 2.75) is 6.92 Å². The van der Waals surface area contributed by atoms with E-state index < -0.39 is 0 Å². The van der Waals surface area contributed by atoms with Gasteiger partial charge in [0.25, 0.3) is 0 Å². The van der Waals surface area contributed by atoms with E-state index in [1.807, 2.05) is 36.6 Å². The van der Waals surface area contributed by atoms with Gasteiger partial charge in [0.15, 0.2) is 6.29 Å². The first-order chi connectivity index (χ1) is 11.3. The highest BCUT2D eigenvalue weighted by Crippen LogP contribution is 2.36. The molecule has 0 saturated heterocycles. The van der Waals surface area contributed by atoms with Crippen LogP contribution in [0.15, 0.2) is 42.0 Å². The zero-order valence-electron chi connectivity index (χ0n) is 12.2. The molecule has 112 valence electrons. The largest absolute Gasteiger partial charge is 0.296 e. The van der Waals surface area contributed by atoms with Gasteiger partial charge >= 0.3 is 0 Å². The van der Waals surface area contributed by atoms with Gasteiger partial charge < -0.3 is 0 Å². The van der Waals surface area contributed by atoms with Gasteiger partial charge in [0, 0.05) is 18.0 Å². The first kappa shape index (κ1) is 14.2. The van der Waals surface area contributed by atoms with E-state index in [2.05, 4.69) is 15.0 Å². The molecular formula is C17H11N3OS2. The second-order valence-corrected chi connectivity index (χ2v) is 6.94. The number of hydrogen-bond acceptors (Lipinski definition) is 6. The van der Waals surface area contributed by atoms with Gasteiger partial charge in [-0.2, -0.15) is 0 Å². The smallest absolute Gasteiger partial charge is 0.169 e. The summed E-state index contributed by atoms with van der Waals surface area (Å²) in [5, 5.41) is 3.92. The van der Waals surface area contributed by atoms with Crippen LogP contribution in [0.1, 0.15) is 16.2 Å². The quantitative estimate of drug-likeness (QED) is 0.513. The van der Waals surface area contributed by atoms with Crippen molar-refractivity contribution in [2.75, 3.05) is 0 Å². The molecule has 4 nitrogen and oxygen atoms in total. The minimum Gasteiger partial charge on any atom is -0.296 e. The third kappa shape index (κ3) is 2.46. The number of carbonyl (C=O) groups is 1. The Kier molecular flexibility index (Phi) is 3.48. The molecule has 4 heterocycles. The van der Waals surface area contributed by atoms with Crippen LogP contribution in [-0.2, 0) is 0 Å². The van der Waals surface area contributed by atoms with Crippen molar-refractivity contribution in [3.8, 4) is 21.1 Å². The van der Waals surface area contributed by atoms with E-state index in [-0.39, 0.29) is 0 Å². The number of hydrogen-bond donors (Lipinski definition) is 0. The number of aromatic nitrogens is 3. The lowest BCUT2D eigenvalue weighted by Gasteiger charge is -2.01. The number of aryl methyl sites for hydroxylation is 1. The monoisotopic (exact) mass is 337 g/mol. The summed E-state index contributed by atoms with van der Waals surface area (Å²) >= 11 is 3.10. The molecule has 0 aliphatic carbocycles. The van der Waals surface area contributed by atoms with Crippen molar-refractivity contribution >= 4 is 39.0 Å². The van der Waals surface area contributed by atoms with Crippen LogP contribution in [0.5, 0.6) is 0 Å². The molecule has 4 aromatic rings. The Morgan fingerprint density at radius 2 is 2.13 bits per heavy atom. The van der Waals surface area contributed by atoms with E-state index in [1.165, 1.54) is 11.3 Å². The number of carbonyl (C=O) groups excluding carboxylic acids is 1. The Morgan fingerprint density at radius 1 is 1.22 bits per heavy atom. The topological polar surface area (TPSA) is 55.7 Å². The molecule has 0 spiro atoms. The van der Waals surface area contributed by atoms with Gasteiger partial charge in [-0.1, -0.05) is 0 Å². The van der Waals surface area contributed by atoms with Crippen LogP contribution in [-0.4, -0.2) is 21.2 Å². The molecule has 0 saturated carbocycles. The third-order valence-electron chi connectivity index (χ3n) is 3.51. The van der Waals surface area contributed by atoms with Crippen molar-refractivity contribution < 1.29 is 4.79 Å². The van der Waals surface area contributed by atoms with E-state index in [9.17, 15) is 4.79 Å². The van der Waals surface area contributed by atoms with E-state index in [4.69, 9.17) is 0 Å². The molecule has 6 heteroatoms. The van der Waals surface area contributed by atoms with Gasteiger partial charge in [0.1, 0.15) is 10.7 Å². The maximum atomic E-state index is 11.3. The highest BCUT2D eigenvalue weighted by atomic mass is 32.1. The van der Waals surface area contributed by atoms with Gasteiger partial charge in [0.05, 0.1) is 21.0 Å². The van der Waals surface area contributed by atoms with Crippen LogP contribution in [0.3, 0.4) is 0 Å². The first-order valence-electron chi connectivity index (χ1n) is 6.98. The first-order valence-corrected chi connectivity index (χ1v) is 8.67. The summed E-state index contributed by atoms with van der Waals surface area (Å²) in [5.74, 6) is 0. The summed E-state index contributed by atoms with van der Waals surface area (Å²) in [6.07, 6.45) is 4.36. The minimum absolute atomic E-state index is 0.489. The Morgan fingerprint density at radius 3 is 2.91 bits per heavy atom. The molecule has 0 aromatic carbocycles. The summed E-state index contributed by atoms with van der Waals surface area (Å²) in [6.45, 7) is 1.96. The third-order valence-corrected chi connectivity index (χ3v) is 5.69. The fourth-order valence-corrected chi connectivity index (χ4v) is 4.29. The second-order valence-electron chi connectivity index (χ2n) is 5.02. The predicted octanol–water partition coefficient (Wildman–Crippen LogP) is 4.60. The Bertz CT molecular complexity index is 1010. The zero-order valence-corrected chi connectivity index (χ0v) is 13.8. The lowest BCUT2D eigenvalue weighted by atomic mass is 10.2. The molecule has 0 aliphatic heterocycles. The van der Waals surface area contributed by atoms with Crippen LogP contribution in [0.25, 0.3) is 31.2 Å². The van der Waals surface area contributed by atoms with Crippen LogP contribution >= 0.6 is 22.7 Å². The Labute approximate surface area is 140 Å². The number of nitrogens with zero attached hydrogens (tertiary/aromatic N) is 3. The number of thiazole rings is 1. The molecule has 0 fully saturated rings. The van der Waals surface area contributed by atoms with Crippen molar-refractivity contribution in [2.24, 2.45) is 0 Å². The number of aldehydes is 1. The maximum absolute atomic E-state index is 11.3.